The molecule has 0 aliphatic carbocycles. The van der Waals surface area contributed by atoms with E-state index >= 15 is 0 Å². The van der Waals surface area contributed by atoms with Crippen LogP contribution in [0.3, 0.4) is 0 Å². The van der Waals surface area contributed by atoms with Gasteiger partial charge >= 0.3 is 7.82 Å². The molecule has 0 saturated carbocycles. The predicted molar refractivity (Wildman–Crippen MR) is 172 cm³/mol. The fourth-order valence-electron chi connectivity index (χ4n) is 2.71. The van der Waals surface area contributed by atoms with Crippen LogP contribution in [0.15, 0.2) is 58.5 Å². The van der Waals surface area contributed by atoms with Crippen molar-refractivity contribution in [2.45, 2.75) is 20.8 Å². The number of halogens is 9. The first kappa shape index (κ1) is 31.1. The summed E-state index contributed by atoms with van der Waals surface area (Å²) in [5.41, 5.74) is 2.10. The molecule has 188 valence electrons. The molecule has 0 aliphatic heterocycles. The molecule has 4 nitrogen and oxygen atoms in total. The van der Waals surface area contributed by atoms with E-state index in [1.165, 1.54) is 0 Å². The molecule has 0 amide bonds. The zero-order valence-electron chi connectivity index (χ0n) is 17.7. The number of hydrogen-bond donors (Lipinski definition) is 0. The van der Waals surface area contributed by atoms with Crippen LogP contribution in [-0.2, 0) is 4.57 Å². The van der Waals surface area contributed by atoms with E-state index < -0.39 is 7.82 Å². The van der Waals surface area contributed by atoms with Gasteiger partial charge in [0.2, 0.25) is 0 Å². The van der Waals surface area contributed by atoms with E-state index in [4.69, 9.17) is 13.6 Å². The summed E-state index contributed by atoms with van der Waals surface area (Å²) in [6, 6.07) is 5.58. The van der Waals surface area contributed by atoms with Gasteiger partial charge in [-0.3, -0.25) is 0 Å². The van der Waals surface area contributed by atoms with Crippen LogP contribution in [0.4, 0.5) is 0 Å². The average Bonchev–Trinajstić information content (AvgIpc) is 2.79. The van der Waals surface area contributed by atoms with E-state index in [0.29, 0.717) is 60.8 Å². The summed E-state index contributed by atoms with van der Waals surface area (Å²) >= 11 is 31.6. The highest BCUT2D eigenvalue weighted by Gasteiger charge is 2.38. The molecule has 3 aromatic carbocycles. The zero-order chi connectivity index (χ0) is 26.4. The Balaban J connectivity index is 2.25. The standard InChI is InChI=1S/C21H12Br9O4P/c1-7-10(22)4-13(25)16(28)19(7)32-35(31,33-20-8(2)11(23)5-14(26)17(20)29)34-21-9(3)12(24)6-15(27)18(21)30/h4-6H,1-3H3. The van der Waals surface area contributed by atoms with Gasteiger partial charge in [-0.15, -0.1) is 0 Å². The SMILES string of the molecule is Cc1c(Br)cc(Br)c(Br)c1OP(=O)(Oc1c(C)c(Br)cc(Br)c1Br)Oc1c(C)c(Br)cc(Br)c1Br. The van der Waals surface area contributed by atoms with Crippen LogP contribution in [-0.4, -0.2) is 0 Å². The van der Waals surface area contributed by atoms with Crippen molar-refractivity contribution in [3.8, 4) is 17.2 Å². The van der Waals surface area contributed by atoms with Crippen LogP contribution in [0, 0.1) is 20.8 Å². The third kappa shape index (κ3) is 6.85. The summed E-state index contributed by atoms with van der Waals surface area (Å²) < 4.78 is 38.8. The number of rotatable bonds is 6. The first-order valence-electron chi connectivity index (χ1n) is 9.28. The Kier molecular flexibility index (Phi) is 11.0. The van der Waals surface area contributed by atoms with Crippen molar-refractivity contribution in [3.05, 3.63) is 75.1 Å². The second-order valence-electron chi connectivity index (χ2n) is 7.05. The second-order valence-corrected chi connectivity index (χ2v) is 16.0. The predicted octanol–water partition coefficient (Wildman–Crippen LogP) is 13.1. The Morgan fingerprint density at radius 1 is 0.486 bits per heavy atom. The van der Waals surface area contributed by atoms with Crippen LogP contribution in [0.5, 0.6) is 17.2 Å². The minimum atomic E-state index is -4.38. The number of hydrogen-bond acceptors (Lipinski definition) is 4. The molecular weight excluding hydrogens is 1070 g/mol. The largest absolute Gasteiger partial charge is 0.647 e. The molecule has 14 heteroatoms. The molecule has 0 atom stereocenters. The third-order valence-electron chi connectivity index (χ3n) is 4.69. The van der Waals surface area contributed by atoms with E-state index in [1.807, 2.05) is 39.0 Å². The summed E-state index contributed by atoms with van der Waals surface area (Å²) in [4.78, 5) is 0. The summed E-state index contributed by atoms with van der Waals surface area (Å²) in [5, 5.41) is 0. The molecule has 0 fully saturated rings. The van der Waals surface area contributed by atoms with Crippen molar-refractivity contribution in [2.24, 2.45) is 0 Å². The second kappa shape index (κ2) is 12.4. The molecule has 3 aromatic rings. The lowest BCUT2D eigenvalue weighted by Gasteiger charge is -2.25. The summed E-state index contributed by atoms with van der Waals surface area (Å²) in [7, 11) is -4.38. The Hall–Kier alpha value is 1.61. The molecular formula is C21H12Br9O4P. The molecule has 0 heterocycles. The number of benzene rings is 3. The maximum atomic E-state index is 14.5. The molecule has 0 aliphatic rings. The van der Waals surface area contributed by atoms with E-state index in [0.717, 1.165) is 13.4 Å². The molecule has 0 unspecified atom stereocenters. The summed E-state index contributed by atoms with van der Waals surface area (Å²) in [5.74, 6) is 0.876. The van der Waals surface area contributed by atoms with Crippen molar-refractivity contribution in [1.29, 1.82) is 0 Å². The third-order valence-corrected chi connectivity index (χ3v) is 14.2. The molecule has 0 radical (unpaired) electrons. The van der Waals surface area contributed by atoms with Gasteiger partial charge in [-0.25, -0.2) is 0 Å². The van der Waals surface area contributed by atoms with Gasteiger partial charge in [0.05, 0.1) is 13.4 Å². The maximum absolute atomic E-state index is 14.5. The van der Waals surface area contributed by atoms with Crippen molar-refractivity contribution in [1.82, 2.24) is 0 Å². The number of phosphoric acid groups is 1. The van der Waals surface area contributed by atoms with Gasteiger partial charge < -0.3 is 13.6 Å². The van der Waals surface area contributed by atoms with Gasteiger partial charge in [-0.05, 0) is 135 Å². The average molecular weight is 1080 g/mol. The minimum absolute atomic E-state index is 0.292. The van der Waals surface area contributed by atoms with Crippen LogP contribution in [0.1, 0.15) is 16.7 Å². The number of phosphoric ester groups is 1. The lowest BCUT2D eigenvalue weighted by Crippen LogP contribution is -2.11. The van der Waals surface area contributed by atoms with E-state index in [1.54, 1.807) is 0 Å². The van der Waals surface area contributed by atoms with Crippen molar-refractivity contribution < 1.29 is 18.1 Å². The topological polar surface area (TPSA) is 44.8 Å². The monoisotopic (exact) mass is 1070 g/mol. The van der Waals surface area contributed by atoms with Crippen LogP contribution < -0.4 is 13.6 Å². The Bertz CT molecular complexity index is 1150. The quantitative estimate of drug-likeness (QED) is 0.182. The molecule has 0 saturated heterocycles. The van der Waals surface area contributed by atoms with Gasteiger partial charge in [0.1, 0.15) is 0 Å². The van der Waals surface area contributed by atoms with Gasteiger partial charge in [0.25, 0.3) is 0 Å². The summed E-state index contributed by atoms with van der Waals surface area (Å²) in [6.45, 7) is 5.48. The Morgan fingerprint density at radius 2 is 0.714 bits per heavy atom. The van der Waals surface area contributed by atoms with E-state index in [-0.39, 0.29) is 0 Å². The lowest BCUT2D eigenvalue weighted by atomic mass is 10.2. The molecule has 0 spiro atoms. The molecule has 0 N–H and O–H groups in total. The maximum Gasteiger partial charge on any atom is 0.647 e. The normalized spacial score (nSPS) is 11.5. The zero-order valence-corrected chi connectivity index (χ0v) is 32.9. The fourth-order valence-corrected chi connectivity index (χ4v) is 9.41. The van der Waals surface area contributed by atoms with E-state index in [9.17, 15) is 4.57 Å². The van der Waals surface area contributed by atoms with Crippen LogP contribution >= 0.6 is 151 Å². The molecule has 0 bridgehead atoms. The molecule has 0 aromatic heterocycles. The van der Waals surface area contributed by atoms with Gasteiger partial charge in [-0.1, -0.05) is 47.8 Å². The van der Waals surface area contributed by atoms with E-state index in [2.05, 4.69) is 143 Å². The van der Waals surface area contributed by atoms with Gasteiger partial charge in [0.15, 0.2) is 17.2 Å². The summed E-state index contributed by atoms with van der Waals surface area (Å²) in [6.07, 6.45) is 0. The smallest absolute Gasteiger partial charge is 0.384 e. The highest BCUT2D eigenvalue weighted by molar-refractivity contribution is 9.14. The molecule has 3 rings (SSSR count). The van der Waals surface area contributed by atoms with Crippen molar-refractivity contribution >= 4 is 151 Å². The van der Waals surface area contributed by atoms with Crippen molar-refractivity contribution in [2.75, 3.05) is 0 Å². The highest BCUT2D eigenvalue weighted by Crippen LogP contribution is 2.58. The van der Waals surface area contributed by atoms with Crippen molar-refractivity contribution in [3.63, 3.8) is 0 Å². The van der Waals surface area contributed by atoms with Gasteiger partial charge in [0, 0.05) is 43.5 Å². The Morgan fingerprint density at radius 3 is 0.943 bits per heavy atom. The highest BCUT2D eigenvalue weighted by atomic mass is 79.9. The van der Waals surface area contributed by atoms with Gasteiger partial charge in [-0.2, -0.15) is 4.57 Å². The lowest BCUT2D eigenvalue weighted by molar-refractivity contribution is 0.294. The Labute approximate surface area is 278 Å². The minimum Gasteiger partial charge on any atom is -0.384 e. The fraction of sp³-hybridized carbons (Fsp3) is 0.143. The van der Waals surface area contributed by atoms with Crippen LogP contribution in [0.25, 0.3) is 0 Å². The van der Waals surface area contributed by atoms with Crippen LogP contribution in [0.2, 0.25) is 0 Å². The molecule has 35 heavy (non-hydrogen) atoms. The first-order valence-corrected chi connectivity index (χ1v) is 17.9. The first-order chi connectivity index (χ1) is 16.2.